The zero-order chi connectivity index (χ0) is 10.7. The Morgan fingerprint density at radius 1 is 1.50 bits per heavy atom. The van der Waals surface area contributed by atoms with Crippen LogP contribution in [0.25, 0.3) is 0 Å². The minimum Gasteiger partial charge on any atom is -0.320 e. The minimum atomic E-state index is -0.458. The molecule has 0 unspecified atom stereocenters. The molecule has 1 aromatic rings. The molecular weight excluding hydrogens is 176 g/mol. The molecule has 0 saturated carbocycles. The molecule has 14 heavy (non-hydrogen) atoms. The lowest BCUT2D eigenvalue weighted by Crippen LogP contribution is -2.39. The summed E-state index contributed by atoms with van der Waals surface area (Å²) in [7, 11) is 1.74. The molecule has 76 valence electrons. The van der Waals surface area contributed by atoms with Crippen molar-refractivity contribution in [1.29, 1.82) is 0 Å². The van der Waals surface area contributed by atoms with E-state index in [4.69, 9.17) is 5.73 Å². The Bertz CT molecular complexity index is 334. The van der Waals surface area contributed by atoms with Gasteiger partial charge in [0, 0.05) is 12.7 Å². The van der Waals surface area contributed by atoms with E-state index in [-0.39, 0.29) is 5.91 Å². The Labute approximate surface area is 84.5 Å². The third-order valence-corrected chi connectivity index (χ3v) is 2.11. The zero-order valence-electron chi connectivity index (χ0n) is 8.82. The predicted octanol–water partition coefficient (Wildman–Crippen LogP) is 1.31. The summed E-state index contributed by atoms with van der Waals surface area (Å²) >= 11 is 0. The van der Waals surface area contributed by atoms with Gasteiger partial charge >= 0.3 is 0 Å². The van der Waals surface area contributed by atoms with Crippen LogP contribution >= 0.6 is 0 Å². The van der Waals surface area contributed by atoms with E-state index in [0.29, 0.717) is 0 Å². The van der Waals surface area contributed by atoms with Crippen molar-refractivity contribution in [3.63, 3.8) is 0 Å². The molecule has 0 aliphatic rings. The molecule has 3 nitrogen and oxygen atoms in total. The molecule has 1 amide bonds. The number of carbonyl (C=O) groups is 1. The van der Waals surface area contributed by atoms with Gasteiger partial charge < -0.3 is 10.6 Å². The SMILES string of the molecule is Cc1cccc(N(C)C(=O)[C@H](C)N)c1. The number of nitrogens with zero attached hydrogens (tertiary/aromatic N) is 1. The van der Waals surface area contributed by atoms with E-state index in [1.54, 1.807) is 18.9 Å². The van der Waals surface area contributed by atoms with Crippen LogP contribution in [-0.2, 0) is 4.79 Å². The van der Waals surface area contributed by atoms with Crippen LogP contribution in [-0.4, -0.2) is 19.0 Å². The maximum atomic E-state index is 11.6. The molecule has 0 saturated heterocycles. The van der Waals surface area contributed by atoms with Gasteiger partial charge in [-0.1, -0.05) is 12.1 Å². The van der Waals surface area contributed by atoms with Crippen LogP contribution < -0.4 is 10.6 Å². The summed E-state index contributed by atoms with van der Waals surface area (Å²) in [6.45, 7) is 3.68. The Hall–Kier alpha value is -1.35. The van der Waals surface area contributed by atoms with Gasteiger partial charge in [0.15, 0.2) is 0 Å². The molecule has 0 bridgehead atoms. The average Bonchev–Trinajstić information content (AvgIpc) is 2.15. The molecule has 1 aromatic carbocycles. The van der Waals surface area contributed by atoms with Crippen molar-refractivity contribution in [3.8, 4) is 0 Å². The van der Waals surface area contributed by atoms with Gasteiger partial charge in [-0.3, -0.25) is 4.79 Å². The van der Waals surface area contributed by atoms with E-state index >= 15 is 0 Å². The summed E-state index contributed by atoms with van der Waals surface area (Å²) < 4.78 is 0. The number of benzene rings is 1. The van der Waals surface area contributed by atoms with Gasteiger partial charge in [0.1, 0.15) is 0 Å². The molecule has 3 heteroatoms. The van der Waals surface area contributed by atoms with Gasteiger partial charge in [0.2, 0.25) is 5.91 Å². The second-order valence-electron chi connectivity index (χ2n) is 3.52. The van der Waals surface area contributed by atoms with Crippen molar-refractivity contribution in [1.82, 2.24) is 0 Å². The third kappa shape index (κ3) is 2.33. The summed E-state index contributed by atoms with van der Waals surface area (Å²) in [6, 6.07) is 7.32. The Morgan fingerprint density at radius 3 is 2.64 bits per heavy atom. The first kappa shape index (κ1) is 10.7. The first-order valence-electron chi connectivity index (χ1n) is 4.62. The smallest absolute Gasteiger partial charge is 0.243 e. The van der Waals surface area contributed by atoms with Crippen molar-refractivity contribution in [2.45, 2.75) is 19.9 Å². The molecular formula is C11H16N2O. The molecule has 1 rings (SSSR count). The number of hydrogen-bond donors (Lipinski definition) is 1. The van der Waals surface area contributed by atoms with Crippen LogP contribution in [0.15, 0.2) is 24.3 Å². The third-order valence-electron chi connectivity index (χ3n) is 2.11. The van der Waals surface area contributed by atoms with Gasteiger partial charge in [0.05, 0.1) is 6.04 Å². The van der Waals surface area contributed by atoms with Gasteiger partial charge in [-0.05, 0) is 31.5 Å². The summed E-state index contributed by atoms with van der Waals surface area (Å²) in [6.07, 6.45) is 0. The quantitative estimate of drug-likeness (QED) is 0.767. The highest BCUT2D eigenvalue weighted by atomic mass is 16.2. The van der Waals surface area contributed by atoms with Crippen molar-refractivity contribution in [2.24, 2.45) is 5.73 Å². The molecule has 0 radical (unpaired) electrons. The molecule has 0 heterocycles. The Kier molecular flexibility index (Phi) is 3.25. The van der Waals surface area contributed by atoms with Crippen LogP contribution in [0.3, 0.4) is 0 Å². The lowest BCUT2D eigenvalue weighted by molar-refractivity contribution is -0.119. The minimum absolute atomic E-state index is 0.0735. The fourth-order valence-corrected chi connectivity index (χ4v) is 1.27. The largest absolute Gasteiger partial charge is 0.320 e. The lowest BCUT2D eigenvalue weighted by atomic mass is 10.2. The standard InChI is InChI=1S/C11H16N2O/c1-8-5-4-6-10(7-8)13(3)11(14)9(2)12/h4-7,9H,12H2,1-3H3/t9-/m0/s1. The molecule has 0 fully saturated rings. The first-order valence-corrected chi connectivity index (χ1v) is 4.62. The highest BCUT2D eigenvalue weighted by Gasteiger charge is 2.14. The fraction of sp³-hybridized carbons (Fsp3) is 0.364. The maximum absolute atomic E-state index is 11.6. The van der Waals surface area contributed by atoms with Crippen molar-refractivity contribution in [2.75, 3.05) is 11.9 Å². The highest BCUT2D eigenvalue weighted by molar-refractivity contribution is 5.96. The monoisotopic (exact) mass is 192 g/mol. The number of nitrogens with two attached hydrogens (primary N) is 1. The van der Waals surface area contributed by atoms with E-state index in [0.717, 1.165) is 11.3 Å². The van der Waals surface area contributed by atoms with Gasteiger partial charge in [-0.2, -0.15) is 0 Å². The number of amides is 1. The van der Waals surface area contributed by atoms with Crippen LogP contribution in [0.1, 0.15) is 12.5 Å². The molecule has 0 aliphatic heterocycles. The topological polar surface area (TPSA) is 46.3 Å². The first-order chi connectivity index (χ1) is 6.52. The van der Waals surface area contributed by atoms with Gasteiger partial charge in [0.25, 0.3) is 0 Å². The fourth-order valence-electron chi connectivity index (χ4n) is 1.27. The normalized spacial score (nSPS) is 12.3. The Balaban J connectivity index is 2.89. The number of likely N-dealkylation sites (N-methyl/N-ethyl adjacent to an activating group) is 1. The molecule has 0 spiro atoms. The van der Waals surface area contributed by atoms with E-state index in [9.17, 15) is 4.79 Å². The number of carbonyl (C=O) groups excluding carboxylic acids is 1. The Morgan fingerprint density at radius 2 is 2.14 bits per heavy atom. The van der Waals surface area contributed by atoms with E-state index < -0.39 is 6.04 Å². The van der Waals surface area contributed by atoms with Crippen molar-refractivity contribution in [3.05, 3.63) is 29.8 Å². The molecule has 1 atom stereocenters. The predicted molar refractivity (Wildman–Crippen MR) is 58.2 cm³/mol. The molecule has 2 N–H and O–H groups in total. The van der Waals surface area contributed by atoms with E-state index in [1.807, 2.05) is 31.2 Å². The highest BCUT2D eigenvalue weighted by Crippen LogP contribution is 2.14. The van der Waals surface area contributed by atoms with Crippen LogP contribution in [0.4, 0.5) is 5.69 Å². The van der Waals surface area contributed by atoms with Crippen LogP contribution in [0, 0.1) is 6.92 Å². The average molecular weight is 192 g/mol. The van der Waals surface area contributed by atoms with Crippen LogP contribution in [0.2, 0.25) is 0 Å². The van der Waals surface area contributed by atoms with E-state index in [2.05, 4.69) is 0 Å². The summed E-state index contributed by atoms with van der Waals surface area (Å²) in [5, 5.41) is 0. The maximum Gasteiger partial charge on any atom is 0.243 e. The number of aryl methyl sites for hydroxylation is 1. The second-order valence-corrected chi connectivity index (χ2v) is 3.52. The van der Waals surface area contributed by atoms with Crippen molar-refractivity contribution < 1.29 is 4.79 Å². The van der Waals surface area contributed by atoms with E-state index in [1.165, 1.54) is 0 Å². The van der Waals surface area contributed by atoms with Gasteiger partial charge in [-0.15, -0.1) is 0 Å². The number of hydrogen-bond acceptors (Lipinski definition) is 2. The summed E-state index contributed by atoms with van der Waals surface area (Å²) in [4.78, 5) is 13.1. The lowest BCUT2D eigenvalue weighted by Gasteiger charge is -2.19. The second kappa shape index (κ2) is 4.24. The number of rotatable bonds is 2. The van der Waals surface area contributed by atoms with Crippen molar-refractivity contribution >= 4 is 11.6 Å². The van der Waals surface area contributed by atoms with Crippen LogP contribution in [0.5, 0.6) is 0 Å². The summed E-state index contributed by atoms with van der Waals surface area (Å²) in [5.74, 6) is -0.0735. The summed E-state index contributed by atoms with van der Waals surface area (Å²) in [5.41, 5.74) is 7.53. The van der Waals surface area contributed by atoms with Gasteiger partial charge in [-0.25, -0.2) is 0 Å². The molecule has 0 aromatic heterocycles. The molecule has 0 aliphatic carbocycles. The number of anilines is 1. The zero-order valence-corrected chi connectivity index (χ0v) is 8.82.